The first kappa shape index (κ1) is 20.4. The molecule has 0 fully saturated rings. The van der Waals surface area contributed by atoms with E-state index in [4.69, 9.17) is 17.3 Å². The Morgan fingerprint density at radius 1 is 1.46 bits per heavy atom. The molecule has 1 aromatic carbocycles. The zero-order valence-corrected chi connectivity index (χ0v) is 15.4. The van der Waals surface area contributed by atoms with E-state index in [2.05, 4.69) is 15.6 Å². The van der Waals surface area contributed by atoms with Crippen molar-refractivity contribution in [3.63, 3.8) is 0 Å². The van der Waals surface area contributed by atoms with Crippen LogP contribution >= 0.6 is 24.0 Å². The lowest BCUT2D eigenvalue weighted by atomic mass is 10.2. The highest BCUT2D eigenvalue weighted by molar-refractivity contribution is 6.30. The first-order valence-electron chi connectivity index (χ1n) is 7.77. The minimum Gasteiger partial charge on any atom is -0.351 e. The maximum absolute atomic E-state index is 12.3. The van der Waals surface area contributed by atoms with E-state index >= 15 is 0 Å². The minimum absolute atomic E-state index is 0. The topological polar surface area (TPSA) is 85.8 Å². The molecule has 1 unspecified atom stereocenters. The van der Waals surface area contributed by atoms with Gasteiger partial charge in [-0.2, -0.15) is 0 Å². The maximum atomic E-state index is 12.3. The van der Waals surface area contributed by atoms with Crippen molar-refractivity contribution >= 4 is 29.9 Å². The van der Waals surface area contributed by atoms with Crippen molar-refractivity contribution in [1.29, 1.82) is 0 Å². The second kappa shape index (κ2) is 9.61. The van der Waals surface area contributed by atoms with Gasteiger partial charge in [0.2, 0.25) is 0 Å². The maximum Gasteiger partial charge on any atom is 0.273 e. The van der Waals surface area contributed by atoms with Crippen LogP contribution < -0.4 is 11.1 Å². The third-order valence-electron chi connectivity index (χ3n) is 3.40. The Balaban J connectivity index is 0.00000288. The number of nitrogens with two attached hydrogens (primary N) is 1. The number of halogens is 2. The van der Waals surface area contributed by atoms with E-state index < -0.39 is 0 Å². The zero-order chi connectivity index (χ0) is 16.8. The number of carbonyl (C=O) groups is 1. The minimum atomic E-state index is -0.220. The van der Waals surface area contributed by atoms with Crippen LogP contribution in [0.5, 0.6) is 0 Å². The van der Waals surface area contributed by atoms with Crippen LogP contribution in [0.15, 0.2) is 24.3 Å². The second-order valence-electron chi connectivity index (χ2n) is 5.55. The lowest BCUT2D eigenvalue weighted by Crippen LogP contribution is -2.30. The fourth-order valence-electron chi connectivity index (χ4n) is 2.25. The molecule has 0 saturated heterocycles. The molecule has 0 aliphatic rings. The summed E-state index contributed by atoms with van der Waals surface area (Å²) in [7, 11) is 0. The summed E-state index contributed by atoms with van der Waals surface area (Å²) in [6.45, 7) is 4.48. The van der Waals surface area contributed by atoms with Crippen LogP contribution in [0.3, 0.4) is 0 Å². The lowest BCUT2D eigenvalue weighted by molar-refractivity contribution is 0.0946. The standard InChI is InChI=1S/C16H22ClN5O.ClH/c1-3-5-14-15(16(23)19-9-8-11(2)18)20-21-22(14)13-7-4-6-12(17)10-13;/h4,6-7,10-11H,3,5,8-9,18H2,1-2H3,(H,19,23);1H. The summed E-state index contributed by atoms with van der Waals surface area (Å²) in [5.41, 5.74) is 7.63. The molecule has 6 nitrogen and oxygen atoms in total. The molecule has 0 aliphatic heterocycles. The highest BCUT2D eigenvalue weighted by atomic mass is 35.5. The Kier molecular flexibility index (Phi) is 8.18. The van der Waals surface area contributed by atoms with Crippen molar-refractivity contribution in [3.05, 3.63) is 40.7 Å². The van der Waals surface area contributed by atoms with Crippen LogP contribution in [-0.2, 0) is 6.42 Å². The first-order chi connectivity index (χ1) is 11.0. The molecule has 3 N–H and O–H groups in total. The van der Waals surface area contributed by atoms with Crippen molar-refractivity contribution in [2.45, 2.75) is 39.2 Å². The molecule has 0 bridgehead atoms. The van der Waals surface area contributed by atoms with Gasteiger partial charge in [0.1, 0.15) is 0 Å². The number of nitrogens with one attached hydrogen (secondary N) is 1. The molecule has 132 valence electrons. The van der Waals surface area contributed by atoms with Gasteiger partial charge in [0.15, 0.2) is 5.69 Å². The molecule has 2 aromatic rings. The van der Waals surface area contributed by atoms with Gasteiger partial charge >= 0.3 is 0 Å². The fraction of sp³-hybridized carbons (Fsp3) is 0.438. The van der Waals surface area contributed by atoms with E-state index in [1.807, 2.05) is 26.0 Å². The van der Waals surface area contributed by atoms with Gasteiger partial charge in [-0.25, -0.2) is 4.68 Å². The van der Waals surface area contributed by atoms with Gasteiger partial charge in [-0.1, -0.05) is 36.2 Å². The number of amides is 1. The quantitative estimate of drug-likeness (QED) is 0.783. The van der Waals surface area contributed by atoms with Crippen molar-refractivity contribution in [3.8, 4) is 5.69 Å². The lowest BCUT2D eigenvalue weighted by Gasteiger charge is -2.09. The molecule has 0 aliphatic carbocycles. The summed E-state index contributed by atoms with van der Waals surface area (Å²) in [5, 5.41) is 11.7. The SMILES string of the molecule is CCCc1c(C(=O)NCCC(C)N)nnn1-c1cccc(Cl)c1.Cl. The van der Waals surface area contributed by atoms with E-state index in [0.29, 0.717) is 23.7 Å². The Labute approximate surface area is 153 Å². The van der Waals surface area contributed by atoms with Gasteiger partial charge in [-0.05, 0) is 38.0 Å². The molecule has 24 heavy (non-hydrogen) atoms. The van der Waals surface area contributed by atoms with Crippen molar-refractivity contribution in [2.24, 2.45) is 5.73 Å². The summed E-state index contributed by atoms with van der Waals surface area (Å²) in [6, 6.07) is 7.37. The average Bonchev–Trinajstić information content (AvgIpc) is 2.91. The van der Waals surface area contributed by atoms with Crippen LogP contribution in [0.2, 0.25) is 5.02 Å². The van der Waals surface area contributed by atoms with Crippen molar-refractivity contribution in [2.75, 3.05) is 6.54 Å². The molecule has 1 atom stereocenters. The predicted molar refractivity (Wildman–Crippen MR) is 98.2 cm³/mol. The van der Waals surface area contributed by atoms with Gasteiger partial charge in [0, 0.05) is 17.6 Å². The third-order valence-corrected chi connectivity index (χ3v) is 3.64. The Morgan fingerprint density at radius 3 is 2.83 bits per heavy atom. The van der Waals surface area contributed by atoms with Crippen molar-refractivity contribution < 1.29 is 4.79 Å². The summed E-state index contributed by atoms with van der Waals surface area (Å²) in [4.78, 5) is 12.3. The van der Waals surface area contributed by atoms with E-state index in [1.165, 1.54) is 0 Å². The molecular weight excluding hydrogens is 349 g/mol. The molecular formula is C16H23Cl2N5O. The van der Waals surface area contributed by atoms with E-state index in [0.717, 1.165) is 24.2 Å². The molecule has 1 heterocycles. The number of hydrogen-bond acceptors (Lipinski definition) is 4. The van der Waals surface area contributed by atoms with Gasteiger partial charge < -0.3 is 11.1 Å². The molecule has 0 spiro atoms. The largest absolute Gasteiger partial charge is 0.351 e. The Morgan fingerprint density at radius 2 is 2.21 bits per heavy atom. The average molecular weight is 372 g/mol. The number of benzene rings is 1. The van der Waals surface area contributed by atoms with Crippen LogP contribution in [0, 0.1) is 0 Å². The first-order valence-corrected chi connectivity index (χ1v) is 8.15. The monoisotopic (exact) mass is 371 g/mol. The molecule has 0 saturated carbocycles. The molecule has 8 heteroatoms. The van der Waals surface area contributed by atoms with Crippen LogP contribution in [0.4, 0.5) is 0 Å². The van der Waals surface area contributed by atoms with Gasteiger partial charge in [-0.3, -0.25) is 4.79 Å². The summed E-state index contributed by atoms with van der Waals surface area (Å²) < 4.78 is 1.68. The normalized spacial score (nSPS) is 11.7. The molecule has 0 radical (unpaired) electrons. The molecule has 1 amide bonds. The second-order valence-corrected chi connectivity index (χ2v) is 5.98. The van der Waals surface area contributed by atoms with Gasteiger partial charge in [-0.15, -0.1) is 17.5 Å². The number of rotatable bonds is 7. The summed E-state index contributed by atoms with van der Waals surface area (Å²) in [6.07, 6.45) is 2.31. The van der Waals surface area contributed by atoms with Gasteiger partial charge in [0.05, 0.1) is 11.4 Å². The predicted octanol–water partition coefficient (Wildman–Crippen LogP) is 2.76. The molecule has 2 rings (SSSR count). The van der Waals surface area contributed by atoms with E-state index in [1.54, 1.807) is 16.8 Å². The van der Waals surface area contributed by atoms with Gasteiger partial charge in [0.25, 0.3) is 5.91 Å². The van der Waals surface area contributed by atoms with E-state index in [9.17, 15) is 4.79 Å². The third kappa shape index (κ3) is 5.19. The summed E-state index contributed by atoms with van der Waals surface area (Å²) in [5.74, 6) is -0.220. The zero-order valence-electron chi connectivity index (χ0n) is 13.8. The summed E-state index contributed by atoms with van der Waals surface area (Å²) >= 11 is 6.04. The molecule has 1 aromatic heterocycles. The number of carbonyl (C=O) groups excluding carboxylic acids is 1. The number of hydrogen-bond donors (Lipinski definition) is 2. The number of nitrogens with zero attached hydrogens (tertiary/aromatic N) is 3. The fourth-order valence-corrected chi connectivity index (χ4v) is 2.44. The Bertz CT molecular complexity index is 672. The number of aromatic nitrogens is 3. The highest BCUT2D eigenvalue weighted by Gasteiger charge is 2.19. The van der Waals surface area contributed by atoms with Crippen molar-refractivity contribution in [1.82, 2.24) is 20.3 Å². The smallest absolute Gasteiger partial charge is 0.273 e. The Hall–Kier alpha value is -1.63. The van der Waals surface area contributed by atoms with E-state index in [-0.39, 0.29) is 24.4 Å². The van der Waals surface area contributed by atoms with Crippen LogP contribution in [-0.4, -0.2) is 33.5 Å². The highest BCUT2D eigenvalue weighted by Crippen LogP contribution is 2.18. The van der Waals surface area contributed by atoms with Crippen LogP contribution in [0.25, 0.3) is 5.69 Å². The van der Waals surface area contributed by atoms with Crippen LogP contribution in [0.1, 0.15) is 42.9 Å².